The van der Waals surface area contributed by atoms with Gasteiger partial charge in [-0.1, -0.05) is 32.4 Å². The molecule has 116 valence electrons. The predicted molar refractivity (Wildman–Crippen MR) is 86.8 cm³/mol. The van der Waals surface area contributed by atoms with Crippen LogP contribution in [0, 0.1) is 11.8 Å². The van der Waals surface area contributed by atoms with Gasteiger partial charge in [-0.2, -0.15) is 0 Å². The van der Waals surface area contributed by atoms with Gasteiger partial charge in [0.15, 0.2) is 0 Å². The summed E-state index contributed by atoms with van der Waals surface area (Å²) in [6.07, 6.45) is 5.56. The summed E-state index contributed by atoms with van der Waals surface area (Å²) in [6.45, 7) is 6.94. The van der Waals surface area contributed by atoms with Gasteiger partial charge in [-0.25, -0.2) is 0 Å². The lowest BCUT2D eigenvalue weighted by Gasteiger charge is -2.33. The standard InChI is InChI=1S/C19H28O2/c1-4-5-12-21-18-9-6-16(7-10-18)17-8-11-19(15(3)20)14(2)13-17/h6-7,9-10,14,17,19H,4-5,8,11-13H2,1-3H3/t14-,17+,19-/m0/s1. The number of Topliss-reactive ketones (excluding diaryl/α,β-unsaturated/α-hetero) is 1. The number of hydrogen-bond acceptors (Lipinski definition) is 2. The minimum Gasteiger partial charge on any atom is -0.494 e. The summed E-state index contributed by atoms with van der Waals surface area (Å²) >= 11 is 0. The second kappa shape index (κ2) is 7.63. The molecule has 2 rings (SSSR count). The molecule has 1 aliphatic rings. The molecule has 0 bridgehead atoms. The number of ketones is 1. The van der Waals surface area contributed by atoms with Crippen LogP contribution in [0.1, 0.15) is 64.4 Å². The Kier molecular flexibility index (Phi) is 5.84. The van der Waals surface area contributed by atoms with E-state index in [1.54, 1.807) is 6.92 Å². The molecule has 1 saturated carbocycles. The molecule has 21 heavy (non-hydrogen) atoms. The van der Waals surface area contributed by atoms with E-state index < -0.39 is 0 Å². The van der Waals surface area contributed by atoms with E-state index in [9.17, 15) is 4.79 Å². The van der Waals surface area contributed by atoms with Crippen molar-refractivity contribution in [3.8, 4) is 5.75 Å². The Hall–Kier alpha value is -1.31. The van der Waals surface area contributed by atoms with Crippen molar-refractivity contribution in [2.24, 2.45) is 11.8 Å². The molecule has 0 amide bonds. The summed E-state index contributed by atoms with van der Waals surface area (Å²) in [5.74, 6) is 2.71. The molecular formula is C19H28O2. The minimum absolute atomic E-state index is 0.276. The van der Waals surface area contributed by atoms with E-state index in [4.69, 9.17) is 4.74 Å². The molecule has 1 aromatic carbocycles. The zero-order valence-corrected chi connectivity index (χ0v) is 13.6. The highest BCUT2D eigenvalue weighted by Crippen LogP contribution is 2.40. The van der Waals surface area contributed by atoms with E-state index in [1.165, 1.54) is 5.56 Å². The van der Waals surface area contributed by atoms with Gasteiger partial charge in [0.05, 0.1) is 6.61 Å². The quantitative estimate of drug-likeness (QED) is 0.690. The van der Waals surface area contributed by atoms with Crippen LogP contribution < -0.4 is 4.74 Å². The Bertz CT molecular complexity index is 449. The van der Waals surface area contributed by atoms with Crippen LogP contribution in [0.4, 0.5) is 0 Å². The second-order valence-corrected chi connectivity index (χ2v) is 6.48. The molecule has 0 saturated heterocycles. The third-order valence-corrected chi connectivity index (χ3v) is 4.81. The molecular weight excluding hydrogens is 260 g/mol. The van der Waals surface area contributed by atoms with E-state index in [1.807, 2.05) is 0 Å². The van der Waals surface area contributed by atoms with E-state index in [0.717, 1.165) is 44.5 Å². The lowest BCUT2D eigenvalue weighted by atomic mass is 9.71. The Morgan fingerprint density at radius 2 is 1.95 bits per heavy atom. The van der Waals surface area contributed by atoms with Crippen molar-refractivity contribution in [3.63, 3.8) is 0 Å². The van der Waals surface area contributed by atoms with Gasteiger partial charge in [-0.05, 0) is 62.1 Å². The number of ether oxygens (including phenoxy) is 1. The summed E-state index contributed by atoms with van der Waals surface area (Å²) in [5.41, 5.74) is 1.40. The summed E-state index contributed by atoms with van der Waals surface area (Å²) in [5, 5.41) is 0. The van der Waals surface area contributed by atoms with Crippen molar-refractivity contribution in [1.29, 1.82) is 0 Å². The number of carbonyl (C=O) groups is 1. The van der Waals surface area contributed by atoms with Crippen molar-refractivity contribution in [2.45, 2.75) is 58.8 Å². The zero-order valence-electron chi connectivity index (χ0n) is 13.6. The SMILES string of the molecule is CCCCOc1ccc([C@@H]2CC[C@H](C(C)=O)[C@@H](C)C2)cc1. The fourth-order valence-corrected chi connectivity index (χ4v) is 3.47. The lowest BCUT2D eigenvalue weighted by Crippen LogP contribution is -2.26. The van der Waals surface area contributed by atoms with Gasteiger partial charge >= 0.3 is 0 Å². The molecule has 2 nitrogen and oxygen atoms in total. The van der Waals surface area contributed by atoms with E-state index in [2.05, 4.69) is 38.1 Å². The largest absolute Gasteiger partial charge is 0.494 e. The highest BCUT2D eigenvalue weighted by atomic mass is 16.5. The Morgan fingerprint density at radius 1 is 1.24 bits per heavy atom. The maximum Gasteiger partial charge on any atom is 0.133 e. The van der Waals surface area contributed by atoms with Crippen LogP contribution in [-0.2, 0) is 4.79 Å². The topological polar surface area (TPSA) is 26.3 Å². The van der Waals surface area contributed by atoms with Gasteiger partial charge in [0.2, 0.25) is 0 Å². The number of unbranched alkanes of at least 4 members (excludes halogenated alkanes) is 1. The molecule has 0 spiro atoms. The molecule has 1 aromatic rings. The van der Waals surface area contributed by atoms with Gasteiger partial charge in [-0.3, -0.25) is 4.79 Å². The van der Waals surface area contributed by atoms with Crippen LogP contribution >= 0.6 is 0 Å². The van der Waals surface area contributed by atoms with Crippen LogP contribution in [0.5, 0.6) is 5.75 Å². The zero-order chi connectivity index (χ0) is 15.2. The first-order valence-electron chi connectivity index (χ1n) is 8.35. The van der Waals surface area contributed by atoms with Crippen molar-refractivity contribution < 1.29 is 9.53 Å². The highest BCUT2D eigenvalue weighted by molar-refractivity contribution is 5.78. The molecule has 1 fully saturated rings. The first-order valence-corrected chi connectivity index (χ1v) is 8.35. The molecule has 2 heteroatoms. The molecule has 1 aliphatic carbocycles. The summed E-state index contributed by atoms with van der Waals surface area (Å²) in [4.78, 5) is 11.6. The Balaban J connectivity index is 1.92. The van der Waals surface area contributed by atoms with Gasteiger partial charge in [0.1, 0.15) is 11.5 Å². The van der Waals surface area contributed by atoms with Gasteiger partial charge in [0.25, 0.3) is 0 Å². The van der Waals surface area contributed by atoms with Gasteiger partial charge < -0.3 is 4.74 Å². The average Bonchev–Trinajstić information content (AvgIpc) is 2.48. The lowest BCUT2D eigenvalue weighted by molar-refractivity contribution is -0.123. The molecule has 0 radical (unpaired) electrons. The van der Waals surface area contributed by atoms with Crippen LogP contribution in [-0.4, -0.2) is 12.4 Å². The molecule has 0 unspecified atom stereocenters. The minimum atomic E-state index is 0.276. The van der Waals surface area contributed by atoms with Crippen molar-refractivity contribution >= 4 is 5.78 Å². The van der Waals surface area contributed by atoms with Crippen molar-refractivity contribution in [2.75, 3.05) is 6.61 Å². The highest BCUT2D eigenvalue weighted by Gasteiger charge is 2.30. The van der Waals surface area contributed by atoms with Gasteiger partial charge in [-0.15, -0.1) is 0 Å². The average molecular weight is 288 g/mol. The summed E-state index contributed by atoms with van der Waals surface area (Å²) < 4.78 is 5.71. The van der Waals surface area contributed by atoms with Crippen molar-refractivity contribution in [3.05, 3.63) is 29.8 Å². The number of benzene rings is 1. The normalized spacial score (nSPS) is 25.6. The number of hydrogen-bond donors (Lipinski definition) is 0. The number of carbonyl (C=O) groups excluding carboxylic acids is 1. The number of rotatable bonds is 6. The monoisotopic (exact) mass is 288 g/mol. The fourth-order valence-electron chi connectivity index (χ4n) is 3.47. The maximum absolute atomic E-state index is 11.6. The molecule has 0 aliphatic heterocycles. The second-order valence-electron chi connectivity index (χ2n) is 6.48. The van der Waals surface area contributed by atoms with E-state index in [0.29, 0.717) is 17.6 Å². The fraction of sp³-hybridized carbons (Fsp3) is 0.632. The Labute approximate surface area is 128 Å². The molecule has 0 N–H and O–H groups in total. The first-order chi connectivity index (χ1) is 10.1. The maximum atomic E-state index is 11.6. The predicted octanol–water partition coefficient (Wildman–Crippen LogP) is 4.97. The Morgan fingerprint density at radius 3 is 2.52 bits per heavy atom. The van der Waals surface area contributed by atoms with Gasteiger partial charge in [0, 0.05) is 5.92 Å². The smallest absolute Gasteiger partial charge is 0.133 e. The van der Waals surface area contributed by atoms with E-state index >= 15 is 0 Å². The van der Waals surface area contributed by atoms with Crippen LogP contribution in [0.15, 0.2) is 24.3 Å². The van der Waals surface area contributed by atoms with E-state index in [-0.39, 0.29) is 5.92 Å². The summed E-state index contributed by atoms with van der Waals surface area (Å²) in [7, 11) is 0. The van der Waals surface area contributed by atoms with Crippen molar-refractivity contribution in [1.82, 2.24) is 0 Å². The first kappa shape index (κ1) is 16.1. The molecule has 3 atom stereocenters. The van der Waals surface area contributed by atoms with Crippen LogP contribution in [0.25, 0.3) is 0 Å². The third kappa shape index (κ3) is 4.33. The molecule has 0 heterocycles. The third-order valence-electron chi connectivity index (χ3n) is 4.81. The molecule has 0 aromatic heterocycles. The van der Waals surface area contributed by atoms with Crippen LogP contribution in [0.3, 0.4) is 0 Å². The summed E-state index contributed by atoms with van der Waals surface area (Å²) in [6, 6.07) is 8.58. The van der Waals surface area contributed by atoms with Crippen LogP contribution in [0.2, 0.25) is 0 Å².